The van der Waals surface area contributed by atoms with Crippen molar-refractivity contribution in [2.24, 2.45) is 0 Å². The molecule has 2 aromatic rings. The van der Waals surface area contributed by atoms with E-state index in [1.54, 1.807) is 0 Å². The van der Waals surface area contributed by atoms with Crippen LogP contribution in [0.25, 0.3) is 11.2 Å². The maximum Gasteiger partial charge on any atom is 0.280 e. The first-order valence-corrected chi connectivity index (χ1v) is 8.24. The fraction of sp³-hybridized carbons (Fsp3) is 0.643. The third kappa shape index (κ3) is 3.19. The standard InChI is InChI=1S/C14H21N5O8/c1-2-3-26-5-14(10(22)9(21)7(4-20)27-14)18-6-15-8-11(18)16-13(19(24)25)17-12(8)23/h6-7,9-10,20-22,24-25H,2-5H2,1H3,(H,16,17,23)/t7-,9-,10-,14-/m1/s1. The van der Waals surface area contributed by atoms with Crippen LogP contribution in [0.1, 0.15) is 13.3 Å². The summed E-state index contributed by atoms with van der Waals surface area (Å²) < 4.78 is 12.4. The van der Waals surface area contributed by atoms with Gasteiger partial charge in [-0.1, -0.05) is 12.2 Å². The van der Waals surface area contributed by atoms with Gasteiger partial charge in [0.05, 0.1) is 19.5 Å². The number of rotatable bonds is 7. The summed E-state index contributed by atoms with van der Waals surface area (Å²) in [5, 5.41) is 48.2. The molecule has 150 valence electrons. The van der Waals surface area contributed by atoms with Crippen LogP contribution in [0.4, 0.5) is 5.95 Å². The second-order valence-electron chi connectivity index (χ2n) is 6.14. The van der Waals surface area contributed by atoms with E-state index < -0.39 is 42.2 Å². The molecule has 0 spiro atoms. The SMILES string of the molecule is CCCOC[C@@]1(n2cnc3c(=O)[nH]c(N(O)O)nc32)O[C@H](CO)[C@@H](O)[C@H]1O. The summed E-state index contributed by atoms with van der Waals surface area (Å²) in [6.07, 6.45) is -2.27. The smallest absolute Gasteiger partial charge is 0.280 e. The van der Waals surface area contributed by atoms with Crippen molar-refractivity contribution in [1.29, 1.82) is 0 Å². The summed E-state index contributed by atoms with van der Waals surface area (Å²) in [6.45, 7) is 1.39. The minimum Gasteiger partial charge on any atom is -0.394 e. The molecule has 13 nitrogen and oxygen atoms in total. The molecule has 0 aliphatic carbocycles. The Labute approximate surface area is 151 Å². The number of aromatic amines is 1. The number of anilines is 1. The first kappa shape index (κ1) is 19.6. The van der Waals surface area contributed by atoms with Crippen molar-refractivity contribution in [1.82, 2.24) is 19.5 Å². The maximum absolute atomic E-state index is 12.1. The Kier molecular flexibility index (Phi) is 5.43. The summed E-state index contributed by atoms with van der Waals surface area (Å²) in [5.74, 6) is -0.592. The topological polar surface area (TPSA) is 186 Å². The molecule has 1 aliphatic heterocycles. The zero-order valence-electron chi connectivity index (χ0n) is 14.4. The first-order chi connectivity index (χ1) is 12.9. The number of ether oxygens (including phenoxy) is 2. The zero-order valence-corrected chi connectivity index (χ0v) is 14.4. The molecule has 0 aromatic carbocycles. The zero-order chi connectivity index (χ0) is 19.8. The van der Waals surface area contributed by atoms with Gasteiger partial charge in [0.15, 0.2) is 16.9 Å². The van der Waals surface area contributed by atoms with Crippen molar-refractivity contribution >= 4 is 17.1 Å². The highest BCUT2D eigenvalue weighted by molar-refractivity contribution is 5.71. The second kappa shape index (κ2) is 7.47. The number of aliphatic hydroxyl groups excluding tert-OH is 3. The van der Waals surface area contributed by atoms with Gasteiger partial charge in [-0.05, 0) is 6.42 Å². The van der Waals surface area contributed by atoms with Crippen LogP contribution in [0.15, 0.2) is 11.1 Å². The number of fused-ring (bicyclic) bond motifs is 1. The molecule has 27 heavy (non-hydrogen) atoms. The fourth-order valence-corrected chi connectivity index (χ4v) is 3.04. The normalized spacial score (nSPS) is 28.1. The number of imidazole rings is 1. The van der Waals surface area contributed by atoms with Gasteiger partial charge in [-0.3, -0.25) is 24.8 Å². The molecule has 0 unspecified atom stereocenters. The summed E-state index contributed by atoms with van der Waals surface area (Å²) in [5.41, 5.74) is -2.82. The first-order valence-electron chi connectivity index (χ1n) is 8.24. The van der Waals surface area contributed by atoms with Crippen molar-refractivity contribution in [3.05, 3.63) is 16.7 Å². The van der Waals surface area contributed by atoms with Crippen molar-refractivity contribution in [3.8, 4) is 0 Å². The lowest BCUT2D eigenvalue weighted by Crippen LogP contribution is -2.49. The average molecular weight is 387 g/mol. The molecule has 0 bridgehead atoms. The third-order valence-electron chi connectivity index (χ3n) is 4.35. The maximum atomic E-state index is 12.1. The summed E-state index contributed by atoms with van der Waals surface area (Å²) >= 11 is 0. The molecule has 0 radical (unpaired) electrons. The van der Waals surface area contributed by atoms with Crippen LogP contribution in [0, 0.1) is 0 Å². The molecule has 13 heteroatoms. The quantitative estimate of drug-likeness (QED) is 0.226. The van der Waals surface area contributed by atoms with Crippen molar-refractivity contribution in [2.75, 3.05) is 25.0 Å². The van der Waals surface area contributed by atoms with Crippen molar-refractivity contribution < 1.29 is 35.2 Å². The van der Waals surface area contributed by atoms with Gasteiger partial charge in [0.25, 0.3) is 11.5 Å². The Morgan fingerprint density at radius 2 is 2.19 bits per heavy atom. The molecule has 0 saturated carbocycles. The van der Waals surface area contributed by atoms with Crippen LogP contribution in [0.5, 0.6) is 0 Å². The summed E-state index contributed by atoms with van der Waals surface area (Å²) in [6, 6.07) is 0. The van der Waals surface area contributed by atoms with E-state index in [0.29, 0.717) is 13.0 Å². The Bertz CT molecular complexity index is 854. The van der Waals surface area contributed by atoms with Gasteiger partial charge in [0, 0.05) is 6.61 Å². The Morgan fingerprint density at radius 1 is 1.44 bits per heavy atom. The van der Waals surface area contributed by atoms with Crippen LogP contribution in [0.2, 0.25) is 0 Å². The number of hydrogen-bond acceptors (Lipinski definition) is 11. The molecule has 0 amide bonds. The second-order valence-corrected chi connectivity index (χ2v) is 6.14. The van der Waals surface area contributed by atoms with Crippen molar-refractivity contribution in [3.63, 3.8) is 0 Å². The van der Waals surface area contributed by atoms with E-state index in [2.05, 4.69) is 15.0 Å². The Hall–Kier alpha value is -2.13. The van der Waals surface area contributed by atoms with Gasteiger partial charge in [-0.2, -0.15) is 4.98 Å². The molecular formula is C14H21N5O8. The molecule has 1 aliphatic rings. The molecule has 6 N–H and O–H groups in total. The van der Waals surface area contributed by atoms with Crippen LogP contribution in [0.3, 0.4) is 0 Å². The van der Waals surface area contributed by atoms with E-state index in [4.69, 9.17) is 19.9 Å². The predicted octanol–water partition coefficient (Wildman–Crippen LogP) is -2.10. The molecule has 1 fully saturated rings. The number of aliphatic hydroxyl groups is 3. The van der Waals surface area contributed by atoms with E-state index in [1.807, 2.05) is 6.92 Å². The minimum atomic E-state index is -1.75. The number of nitrogens with one attached hydrogen (secondary N) is 1. The van der Waals surface area contributed by atoms with E-state index in [-0.39, 0.29) is 23.0 Å². The van der Waals surface area contributed by atoms with Crippen LogP contribution in [-0.2, 0) is 15.2 Å². The molecule has 1 saturated heterocycles. The van der Waals surface area contributed by atoms with Gasteiger partial charge < -0.3 is 24.8 Å². The summed E-state index contributed by atoms with van der Waals surface area (Å²) in [4.78, 5) is 22.1. The lowest BCUT2D eigenvalue weighted by atomic mass is 10.0. The lowest BCUT2D eigenvalue weighted by Gasteiger charge is -2.33. The predicted molar refractivity (Wildman–Crippen MR) is 87.3 cm³/mol. The monoisotopic (exact) mass is 387 g/mol. The minimum absolute atomic E-state index is 0.146. The Balaban J connectivity index is 2.17. The highest BCUT2D eigenvalue weighted by Crippen LogP contribution is 2.37. The highest BCUT2D eigenvalue weighted by atomic mass is 16.8. The van der Waals surface area contributed by atoms with Gasteiger partial charge in [-0.15, -0.1) is 0 Å². The fourth-order valence-electron chi connectivity index (χ4n) is 3.04. The lowest BCUT2D eigenvalue weighted by molar-refractivity contribution is -0.180. The van der Waals surface area contributed by atoms with Crippen LogP contribution >= 0.6 is 0 Å². The Morgan fingerprint density at radius 3 is 2.78 bits per heavy atom. The van der Waals surface area contributed by atoms with Gasteiger partial charge in [0.1, 0.15) is 18.3 Å². The van der Waals surface area contributed by atoms with E-state index in [0.717, 1.165) is 6.33 Å². The van der Waals surface area contributed by atoms with Crippen LogP contribution < -0.4 is 10.8 Å². The van der Waals surface area contributed by atoms with E-state index >= 15 is 0 Å². The van der Waals surface area contributed by atoms with Gasteiger partial charge in [-0.25, -0.2) is 4.98 Å². The molecule has 3 heterocycles. The van der Waals surface area contributed by atoms with Crippen molar-refractivity contribution in [2.45, 2.75) is 37.4 Å². The number of hydrogen-bond donors (Lipinski definition) is 6. The average Bonchev–Trinajstić information content (AvgIpc) is 3.17. The summed E-state index contributed by atoms with van der Waals surface area (Å²) in [7, 11) is 0. The number of nitrogens with zero attached hydrogens (tertiary/aromatic N) is 4. The third-order valence-corrected chi connectivity index (χ3v) is 4.35. The molecule has 2 aromatic heterocycles. The largest absolute Gasteiger partial charge is 0.394 e. The number of H-pyrrole nitrogens is 1. The van der Waals surface area contributed by atoms with Gasteiger partial charge >= 0.3 is 0 Å². The van der Waals surface area contributed by atoms with Crippen LogP contribution in [-0.4, -0.2) is 83.4 Å². The molecule has 3 rings (SSSR count). The molecular weight excluding hydrogens is 366 g/mol. The molecule has 4 atom stereocenters. The van der Waals surface area contributed by atoms with E-state index in [9.17, 15) is 20.1 Å². The van der Waals surface area contributed by atoms with E-state index in [1.165, 1.54) is 4.57 Å². The number of aromatic nitrogens is 4. The van der Waals surface area contributed by atoms with Gasteiger partial charge in [0.2, 0.25) is 0 Å². The highest BCUT2D eigenvalue weighted by Gasteiger charge is 2.56.